The van der Waals surface area contributed by atoms with E-state index in [-0.39, 0.29) is 10.6 Å². The molecule has 0 radical (unpaired) electrons. The second-order valence-corrected chi connectivity index (χ2v) is 11.0. The molecular formula is C23H17NO4S2. The van der Waals surface area contributed by atoms with E-state index < -0.39 is 20.0 Å². The summed E-state index contributed by atoms with van der Waals surface area (Å²) in [5.41, 5.74) is 4.14. The lowest BCUT2D eigenvalue weighted by molar-refractivity contribution is 0.587. The van der Waals surface area contributed by atoms with E-state index >= 15 is 0 Å². The van der Waals surface area contributed by atoms with Crippen LogP contribution < -0.4 is 3.71 Å². The van der Waals surface area contributed by atoms with Gasteiger partial charge in [0.2, 0.25) is 10.0 Å². The molecule has 0 fully saturated rings. The molecule has 0 N–H and O–H groups in total. The standard InChI is InChI=1S/C23H17NO4S2/c1-29(25,26)24(30(27,28)16-8-3-2-4-9-16)22-15-14-20-18-11-6-5-10-17(18)19-12-7-13-21(22)23(19)20/h2-15H,1H3. The minimum atomic E-state index is -4.33. The average molecular weight is 436 g/mol. The monoisotopic (exact) mass is 435 g/mol. The van der Waals surface area contributed by atoms with Gasteiger partial charge in [-0.1, -0.05) is 66.7 Å². The molecule has 0 amide bonds. The molecule has 5 nitrogen and oxygen atoms in total. The van der Waals surface area contributed by atoms with E-state index in [1.165, 1.54) is 12.1 Å². The second-order valence-electron chi connectivity index (χ2n) is 7.18. The van der Waals surface area contributed by atoms with Gasteiger partial charge in [0.15, 0.2) is 0 Å². The van der Waals surface area contributed by atoms with Crippen LogP contribution in [0.5, 0.6) is 0 Å². The van der Waals surface area contributed by atoms with Crippen molar-refractivity contribution in [2.75, 3.05) is 9.97 Å². The van der Waals surface area contributed by atoms with Crippen molar-refractivity contribution in [3.63, 3.8) is 0 Å². The first kappa shape index (κ1) is 18.8. The van der Waals surface area contributed by atoms with E-state index in [4.69, 9.17) is 0 Å². The van der Waals surface area contributed by atoms with Crippen molar-refractivity contribution in [3.8, 4) is 22.3 Å². The molecule has 0 bridgehead atoms. The summed E-state index contributed by atoms with van der Waals surface area (Å²) < 4.78 is 52.8. The molecule has 5 rings (SSSR count). The van der Waals surface area contributed by atoms with E-state index in [2.05, 4.69) is 0 Å². The molecule has 0 unspecified atom stereocenters. The summed E-state index contributed by atoms with van der Waals surface area (Å²) in [6.45, 7) is 0. The normalized spacial score (nSPS) is 12.7. The highest BCUT2D eigenvalue weighted by Gasteiger charge is 2.35. The van der Waals surface area contributed by atoms with Gasteiger partial charge >= 0.3 is 0 Å². The van der Waals surface area contributed by atoms with Gasteiger partial charge in [0.1, 0.15) is 0 Å². The van der Waals surface area contributed by atoms with Crippen molar-refractivity contribution in [2.24, 2.45) is 0 Å². The molecule has 0 heterocycles. The Morgan fingerprint density at radius 2 is 1.17 bits per heavy atom. The molecule has 150 valence electrons. The third-order valence-electron chi connectivity index (χ3n) is 5.28. The Morgan fingerprint density at radius 1 is 0.600 bits per heavy atom. The fourth-order valence-electron chi connectivity index (χ4n) is 4.13. The Balaban J connectivity index is 1.84. The minimum Gasteiger partial charge on any atom is -0.206 e. The van der Waals surface area contributed by atoms with Crippen LogP contribution in [0.2, 0.25) is 0 Å². The molecule has 30 heavy (non-hydrogen) atoms. The summed E-state index contributed by atoms with van der Waals surface area (Å²) in [7, 11) is -8.47. The molecule has 1 aliphatic rings. The molecule has 0 saturated carbocycles. The fourth-order valence-corrected chi connectivity index (χ4v) is 7.44. The van der Waals surface area contributed by atoms with Crippen molar-refractivity contribution in [3.05, 3.63) is 84.9 Å². The van der Waals surface area contributed by atoms with Crippen molar-refractivity contribution < 1.29 is 16.8 Å². The van der Waals surface area contributed by atoms with Crippen molar-refractivity contribution >= 4 is 36.5 Å². The maximum atomic E-state index is 13.4. The molecule has 0 aliphatic heterocycles. The molecular weight excluding hydrogens is 418 g/mol. The maximum Gasteiger partial charge on any atom is 0.277 e. The third-order valence-corrected chi connectivity index (χ3v) is 8.98. The quantitative estimate of drug-likeness (QED) is 0.412. The van der Waals surface area contributed by atoms with Crippen molar-refractivity contribution in [1.82, 2.24) is 0 Å². The van der Waals surface area contributed by atoms with E-state index in [1.807, 2.05) is 36.4 Å². The van der Waals surface area contributed by atoms with Crippen LogP contribution in [0.25, 0.3) is 33.0 Å². The Bertz CT molecular complexity index is 1500. The first-order chi connectivity index (χ1) is 14.3. The summed E-state index contributed by atoms with van der Waals surface area (Å²) in [6, 6.07) is 24.5. The van der Waals surface area contributed by atoms with E-state index in [0.29, 0.717) is 9.10 Å². The van der Waals surface area contributed by atoms with Crippen LogP contribution in [0.4, 0.5) is 5.69 Å². The number of sulfonamides is 2. The summed E-state index contributed by atoms with van der Waals surface area (Å²) >= 11 is 0. The molecule has 4 aromatic carbocycles. The second kappa shape index (κ2) is 6.42. The highest BCUT2D eigenvalue weighted by Crippen LogP contribution is 2.49. The van der Waals surface area contributed by atoms with Crippen LogP contribution in [0.3, 0.4) is 0 Å². The lowest BCUT2D eigenvalue weighted by Gasteiger charge is -2.24. The van der Waals surface area contributed by atoms with Gasteiger partial charge < -0.3 is 0 Å². The lowest BCUT2D eigenvalue weighted by Crippen LogP contribution is -2.36. The Kier molecular flexibility index (Phi) is 4.03. The number of benzene rings is 4. The van der Waals surface area contributed by atoms with Crippen LogP contribution >= 0.6 is 0 Å². The molecule has 1 aliphatic carbocycles. The zero-order valence-electron chi connectivity index (χ0n) is 16.0. The highest BCUT2D eigenvalue weighted by molar-refractivity contribution is 8.10. The van der Waals surface area contributed by atoms with E-state index in [1.54, 1.807) is 36.4 Å². The Hall–Kier alpha value is -3.16. The third kappa shape index (κ3) is 2.66. The maximum absolute atomic E-state index is 13.4. The summed E-state index contributed by atoms with van der Waals surface area (Å²) in [6.07, 6.45) is 0.908. The van der Waals surface area contributed by atoms with Gasteiger partial charge in [0, 0.05) is 5.39 Å². The molecule has 7 heteroatoms. The summed E-state index contributed by atoms with van der Waals surface area (Å²) in [5.74, 6) is 0. The molecule has 0 saturated heterocycles. The van der Waals surface area contributed by atoms with Crippen LogP contribution in [-0.4, -0.2) is 23.1 Å². The van der Waals surface area contributed by atoms with Gasteiger partial charge in [-0.25, -0.2) is 16.8 Å². The SMILES string of the molecule is CS(=O)(=O)N(c1ccc2c3c(cccc13)-c1ccccc1-2)S(=O)(=O)c1ccccc1. The highest BCUT2D eigenvalue weighted by atomic mass is 32.3. The van der Waals surface area contributed by atoms with Crippen LogP contribution in [0, 0.1) is 0 Å². The summed E-state index contributed by atoms with van der Waals surface area (Å²) in [5, 5.41) is 1.43. The van der Waals surface area contributed by atoms with Crippen molar-refractivity contribution in [1.29, 1.82) is 0 Å². The topological polar surface area (TPSA) is 71.5 Å². The number of anilines is 1. The predicted molar refractivity (Wildman–Crippen MR) is 119 cm³/mol. The molecule has 0 aromatic heterocycles. The van der Waals surface area contributed by atoms with Gasteiger partial charge in [-0.15, -0.1) is 0 Å². The van der Waals surface area contributed by atoms with E-state index in [0.717, 1.165) is 33.9 Å². The number of rotatable bonds is 4. The minimum absolute atomic E-state index is 0.0815. The number of hydrogen-bond donors (Lipinski definition) is 0. The van der Waals surface area contributed by atoms with Gasteiger partial charge in [-0.3, -0.25) is 0 Å². The van der Waals surface area contributed by atoms with E-state index in [9.17, 15) is 16.8 Å². The lowest BCUT2D eigenvalue weighted by atomic mass is 10.0. The molecule has 0 spiro atoms. The first-order valence-electron chi connectivity index (χ1n) is 9.26. The first-order valence-corrected chi connectivity index (χ1v) is 12.5. The van der Waals surface area contributed by atoms with Gasteiger partial charge in [-0.2, -0.15) is 3.71 Å². The predicted octanol–water partition coefficient (Wildman–Crippen LogP) is 4.64. The van der Waals surface area contributed by atoms with Crippen LogP contribution in [0.15, 0.2) is 89.8 Å². The van der Waals surface area contributed by atoms with Crippen LogP contribution in [-0.2, 0) is 20.0 Å². The number of nitrogens with zero attached hydrogens (tertiary/aromatic N) is 1. The van der Waals surface area contributed by atoms with Gasteiger partial charge in [0.05, 0.1) is 16.8 Å². The smallest absolute Gasteiger partial charge is 0.206 e. The Morgan fingerprint density at radius 3 is 1.80 bits per heavy atom. The number of hydrogen-bond acceptors (Lipinski definition) is 4. The fraction of sp³-hybridized carbons (Fsp3) is 0.0435. The van der Waals surface area contributed by atoms with Gasteiger partial charge in [-0.05, 0) is 45.8 Å². The number of fused-ring (bicyclic) bond motifs is 3. The molecule has 0 atom stereocenters. The summed E-state index contributed by atoms with van der Waals surface area (Å²) in [4.78, 5) is -0.0815. The molecule has 4 aromatic rings. The van der Waals surface area contributed by atoms with Crippen molar-refractivity contribution in [2.45, 2.75) is 4.90 Å². The zero-order valence-corrected chi connectivity index (χ0v) is 17.6. The zero-order chi connectivity index (χ0) is 21.1. The van der Waals surface area contributed by atoms with Crippen LogP contribution in [0.1, 0.15) is 0 Å². The van der Waals surface area contributed by atoms with Gasteiger partial charge in [0.25, 0.3) is 10.0 Å². The largest absolute Gasteiger partial charge is 0.277 e. The average Bonchev–Trinajstić information content (AvgIpc) is 3.05. The Labute approximate surface area is 175 Å².